The zero-order valence-corrected chi connectivity index (χ0v) is 12.3. The largest absolute Gasteiger partial charge is 0.377 e. The third-order valence-electron chi connectivity index (χ3n) is 3.83. The second-order valence-corrected chi connectivity index (χ2v) is 5.18. The number of rotatable bonds is 3. The van der Waals surface area contributed by atoms with Crippen molar-refractivity contribution in [1.29, 1.82) is 0 Å². The number of nitrogens with zero attached hydrogens (tertiary/aromatic N) is 2. The van der Waals surface area contributed by atoms with Crippen molar-refractivity contribution >= 4 is 17.1 Å². The first-order valence-electron chi connectivity index (χ1n) is 7.03. The number of imidazole rings is 1. The Balaban J connectivity index is 1.99. The highest BCUT2D eigenvalue weighted by molar-refractivity contribution is 5.72. The molecule has 0 saturated carbocycles. The normalized spacial score (nSPS) is 13.1. The molecule has 106 valence electrons. The summed E-state index contributed by atoms with van der Waals surface area (Å²) in [4.78, 5) is 0. The molecule has 1 N–H and O–H groups in total. The Morgan fingerprint density at radius 3 is 2.43 bits per heavy atom. The van der Waals surface area contributed by atoms with Crippen LogP contribution in [0, 0.1) is 0 Å². The SMILES string of the molecule is Cn1c(C(O)/C=C/c2ccccc2)[n+](C)c2ccccc21. The summed E-state index contributed by atoms with van der Waals surface area (Å²) in [5.74, 6) is 0.864. The second kappa shape index (κ2) is 5.54. The van der Waals surface area contributed by atoms with Gasteiger partial charge in [0.2, 0.25) is 0 Å². The number of hydrogen-bond donors (Lipinski definition) is 1. The molecule has 0 aliphatic rings. The van der Waals surface area contributed by atoms with Crippen molar-refractivity contribution in [3.05, 3.63) is 72.1 Å². The van der Waals surface area contributed by atoms with Gasteiger partial charge in [-0.15, -0.1) is 0 Å². The van der Waals surface area contributed by atoms with Gasteiger partial charge < -0.3 is 5.11 Å². The molecule has 0 aliphatic heterocycles. The Hall–Kier alpha value is -2.39. The monoisotopic (exact) mass is 279 g/mol. The summed E-state index contributed by atoms with van der Waals surface area (Å²) in [5, 5.41) is 10.5. The van der Waals surface area contributed by atoms with E-state index in [2.05, 4.69) is 12.1 Å². The molecule has 0 spiro atoms. The van der Waals surface area contributed by atoms with Gasteiger partial charge in [-0.1, -0.05) is 48.5 Å². The molecule has 1 aromatic heterocycles. The Morgan fingerprint density at radius 1 is 1.05 bits per heavy atom. The summed E-state index contributed by atoms with van der Waals surface area (Å²) < 4.78 is 4.07. The quantitative estimate of drug-likeness (QED) is 0.734. The molecule has 0 bridgehead atoms. The number of aryl methyl sites for hydroxylation is 2. The van der Waals surface area contributed by atoms with Crippen LogP contribution in [0.1, 0.15) is 17.5 Å². The minimum Gasteiger partial charge on any atom is -0.377 e. The fourth-order valence-corrected chi connectivity index (χ4v) is 2.75. The fourth-order valence-electron chi connectivity index (χ4n) is 2.75. The van der Waals surface area contributed by atoms with Crippen LogP contribution in [0.3, 0.4) is 0 Å². The van der Waals surface area contributed by atoms with Gasteiger partial charge in [-0.25, -0.2) is 9.13 Å². The Labute approximate surface area is 124 Å². The van der Waals surface area contributed by atoms with E-state index in [1.165, 1.54) is 0 Å². The van der Waals surface area contributed by atoms with Crippen LogP contribution in [0.4, 0.5) is 0 Å². The zero-order valence-electron chi connectivity index (χ0n) is 12.3. The van der Waals surface area contributed by atoms with E-state index in [1.807, 2.05) is 77.8 Å². The molecule has 3 heteroatoms. The van der Waals surface area contributed by atoms with Crippen LogP contribution < -0.4 is 4.57 Å². The van der Waals surface area contributed by atoms with Gasteiger partial charge in [0.15, 0.2) is 17.1 Å². The van der Waals surface area contributed by atoms with E-state index in [4.69, 9.17) is 0 Å². The number of benzene rings is 2. The summed E-state index contributed by atoms with van der Waals surface area (Å²) in [6.45, 7) is 0. The topological polar surface area (TPSA) is 29.0 Å². The maximum atomic E-state index is 10.5. The van der Waals surface area contributed by atoms with Gasteiger partial charge in [-0.3, -0.25) is 0 Å². The van der Waals surface area contributed by atoms with Crippen molar-refractivity contribution in [2.75, 3.05) is 0 Å². The standard InChI is InChI=1S/C18H19N2O/c1-19-15-10-6-7-11-16(15)20(2)18(19)17(21)13-12-14-8-4-3-5-9-14/h3-13,17,21H,1-2H3/q+1/b13-12+. The highest BCUT2D eigenvalue weighted by Crippen LogP contribution is 2.19. The van der Waals surface area contributed by atoms with Crippen molar-refractivity contribution in [2.24, 2.45) is 14.1 Å². The molecule has 0 fully saturated rings. The van der Waals surface area contributed by atoms with E-state index in [0.29, 0.717) is 0 Å². The fraction of sp³-hybridized carbons (Fsp3) is 0.167. The summed E-state index contributed by atoms with van der Waals surface area (Å²) in [7, 11) is 3.97. The van der Waals surface area contributed by atoms with Gasteiger partial charge >= 0.3 is 0 Å². The molecule has 21 heavy (non-hydrogen) atoms. The van der Waals surface area contributed by atoms with Gasteiger partial charge in [-0.05, 0) is 23.8 Å². The van der Waals surface area contributed by atoms with Gasteiger partial charge in [0.05, 0.1) is 14.1 Å². The smallest absolute Gasteiger partial charge is 0.290 e. The first-order valence-corrected chi connectivity index (χ1v) is 7.03. The van der Waals surface area contributed by atoms with Crippen LogP contribution in [0.2, 0.25) is 0 Å². The lowest BCUT2D eigenvalue weighted by Crippen LogP contribution is -2.34. The van der Waals surface area contributed by atoms with E-state index in [-0.39, 0.29) is 0 Å². The summed E-state index contributed by atoms with van der Waals surface area (Å²) in [5.41, 5.74) is 3.31. The molecule has 1 atom stereocenters. The van der Waals surface area contributed by atoms with E-state index in [1.54, 1.807) is 0 Å². The lowest BCUT2D eigenvalue weighted by atomic mass is 10.2. The predicted molar refractivity (Wildman–Crippen MR) is 84.5 cm³/mol. The third-order valence-corrected chi connectivity index (χ3v) is 3.83. The Morgan fingerprint density at radius 2 is 1.71 bits per heavy atom. The zero-order chi connectivity index (χ0) is 14.8. The summed E-state index contributed by atoms with van der Waals surface area (Å²) in [6, 6.07) is 18.1. The van der Waals surface area contributed by atoms with Crippen molar-refractivity contribution in [1.82, 2.24) is 4.57 Å². The molecule has 3 nitrogen and oxygen atoms in total. The van der Waals surface area contributed by atoms with E-state index < -0.39 is 6.10 Å². The van der Waals surface area contributed by atoms with Crippen LogP contribution in [0.25, 0.3) is 17.1 Å². The van der Waals surface area contributed by atoms with Crippen LogP contribution in [-0.2, 0) is 14.1 Å². The Kier molecular flexibility index (Phi) is 3.59. The minimum absolute atomic E-state index is 0.646. The molecular weight excluding hydrogens is 260 g/mol. The maximum absolute atomic E-state index is 10.5. The molecule has 0 saturated heterocycles. The van der Waals surface area contributed by atoms with Gasteiger partial charge in [0.1, 0.15) is 0 Å². The number of aliphatic hydroxyl groups is 1. The van der Waals surface area contributed by atoms with E-state index in [0.717, 1.165) is 22.4 Å². The molecule has 1 unspecified atom stereocenters. The second-order valence-electron chi connectivity index (χ2n) is 5.18. The van der Waals surface area contributed by atoms with Crippen LogP contribution in [0.15, 0.2) is 60.7 Å². The molecule has 1 heterocycles. The molecule has 3 aromatic rings. The molecule has 0 amide bonds. The average molecular weight is 279 g/mol. The van der Waals surface area contributed by atoms with Crippen LogP contribution in [0.5, 0.6) is 0 Å². The number of aliphatic hydroxyl groups excluding tert-OH is 1. The van der Waals surface area contributed by atoms with Crippen molar-refractivity contribution in [2.45, 2.75) is 6.10 Å². The summed E-state index contributed by atoms with van der Waals surface area (Å²) >= 11 is 0. The van der Waals surface area contributed by atoms with Gasteiger partial charge in [-0.2, -0.15) is 0 Å². The van der Waals surface area contributed by atoms with Crippen molar-refractivity contribution < 1.29 is 9.67 Å². The van der Waals surface area contributed by atoms with E-state index >= 15 is 0 Å². The highest BCUT2D eigenvalue weighted by atomic mass is 16.3. The Bertz CT molecular complexity index is 749. The number of hydrogen-bond acceptors (Lipinski definition) is 1. The average Bonchev–Trinajstić information content (AvgIpc) is 2.78. The molecule has 2 aromatic carbocycles. The highest BCUT2D eigenvalue weighted by Gasteiger charge is 2.24. The minimum atomic E-state index is -0.646. The summed E-state index contributed by atoms with van der Waals surface area (Å²) in [6.07, 6.45) is 3.12. The third kappa shape index (κ3) is 2.48. The first-order chi connectivity index (χ1) is 10.2. The number of para-hydroxylation sites is 2. The van der Waals surface area contributed by atoms with Crippen LogP contribution in [-0.4, -0.2) is 9.67 Å². The number of aromatic nitrogens is 2. The van der Waals surface area contributed by atoms with Gasteiger partial charge in [0.25, 0.3) is 5.82 Å². The lowest BCUT2D eigenvalue weighted by molar-refractivity contribution is -0.657. The maximum Gasteiger partial charge on any atom is 0.290 e. The van der Waals surface area contributed by atoms with E-state index in [9.17, 15) is 5.11 Å². The predicted octanol–water partition coefficient (Wildman–Crippen LogP) is 2.75. The molecule has 0 radical (unpaired) electrons. The molecule has 3 rings (SSSR count). The first kappa shape index (κ1) is 13.6. The number of fused-ring (bicyclic) bond motifs is 1. The van der Waals surface area contributed by atoms with Crippen molar-refractivity contribution in [3.8, 4) is 0 Å². The van der Waals surface area contributed by atoms with Crippen molar-refractivity contribution in [3.63, 3.8) is 0 Å². The lowest BCUT2D eigenvalue weighted by Gasteiger charge is -2.03. The van der Waals surface area contributed by atoms with Gasteiger partial charge in [0, 0.05) is 0 Å². The molecule has 0 aliphatic carbocycles. The molecular formula is C18H19N2O+. The van der Waals surface area contributed by atoms with Crippen LogP contribution >= 0.6 is 0 Å².